The standard InChI is InChI=1S/C48H31N5/c1-50-42-27-41(47-31-39(22-24-52-47)36-15-7-3-8-16-36)29-44(32-42)53(48-20-12-11-19-45(48)37-17-9-4-10-18-37)43-26-34(33-49)25-40(28-43)46-30-38(21-23-51-46)35-13-5-2-6-14-35/h2-32H. The second kappa shape index (κ2) is 14.7. The lowest BCUT2D eigenvalue weighted by atomic mass is 9.98. The molecule has 53 heavy (non-hydrogen) atoms. The third-order valence-electron chi connectivity index (χ3n) is 9.15. The van der Waals surface area contributed by atoms with Crippen molar-refractivity contribution in [3.63, 3.8) is 0 Å². The van der Waals surface area contributed by atoms with Crippen LogP contribution in [-0.2, 0) is 0 Å². The number of nitrogens with zero attached hydrogens (tertiary/aromatic N) is 5. The Morgan fingerprint density at radius 3 is 1.55 bits per heavy atom. The minimum Gasteiger partial charge on any atom is -0.311 e. The molecule has 248 valence electrons. The van der Waals surface area contributed by atoms with Crippen molar-refractivity contribution >= 4 is 22.7 Å². The fourth-order valence-electron chi connectivity index (χ4n) is 6.64. The maximum atomic E-state index is 10.4. The molecule has 0 amide bonds. The molecule has 2 aromatic heterocycles. The fourth-order valence-corrected chi connectivity index (χ4v) is 6.64. The van der Waals surface area contributed by atoms with Gasteiger partial charge in [-0.05, 0) is 100 Å². The normalized spacial score (nSPS) is 10.6. The Bertz CT molecular complexity index is 2490. The van der Waals surface area contributed by atoms with Crippen molar-refractivity contribution in [2.24, 2.45) is 0 Å². The lowest BCUT2D eigenvalue weighted by Crippen LogP contribution is -2.12. The molecule has 5 heteroatoms. The highest BCUT2D eigenvalue weighted by Crippen LogP contribution is 2.44. The van der Waals surface area contributed by atoms with E-state index in [2.05, 4.69) is 88.6 Å². The first-order chi connectivity index (χ1) is 26.2. The summed E-state index contributed by atoms with van der Waals surface area (Å²) in [7, 11) is 0. The number of pyridine rings is 2. The second-order valence-electron chi connectivity index (χ2n) is 12.5. The largest absolute Gasteiger partial charge is 0.311 e. The Morgan fingerprint density at radius 2 is 0.981 bits per heavy atom. The van der Waals surface area contributed by atoms with Gasteiger partial charge in [0.2, 0.25) is 0 Å². The minimum absolute atomic E-state index is 0.473. The van der Waals surface area contributed by atoms with Crippen LogP contribution < -0.4 is 4.90 Å². The molecule has 0 saturated heterocycles. The van der Waals surface area contributed by atoms with Crippen LogP contribution in [0, 0.1) is 17.9 Å². The molecule has 8 aromatic rings. The fraction of sp³-hybridized carbons (Fsp3) is 0. The maximum Gasteiger partial charge on any atom is 0.189 e. The van der Waals surface area contributed by atoms with Gasteiger partial charge in [0.15, 0.2) is 5.69 Å². The summed E-state index contributed by atoms with van der Waals surface area (Å²) in [6.07, 6.45) is 3.62. The van der Waals surface area contributed by atoms with Gasteiger partial charge in [-0.3, -0.25) is 9.97 Å². The van der Waals surface area contributed by atoms with Gasteiger partial charge in [0.25, 0.3) is 0 Å². The Kier molecular flexibility index (Phi) is 9.05. The molecule has 0 N–H and O–H groups in total. The molecule has 2 heterocycles. The van der Waals surface area contributed by atoms with Crippen LogP contribution in [0.5, 0.6) is 0 Å². The number of nitriles is 1. The number of aromatic nitrogens is 2. The van der Waals surface area contributed by atoms with Crippen molar-refractivity contribution in [1.29, 1.82) is 5.26 Å². The monoisotopic (exact) mass is 677 g/mol. The Labute approximate surface area is 309 Å². The highest BCUT2D eigenvalue weighted by molar-refractivity contribution is 5.91. The van der Waals surface area contributed by atoms with E-state index >= 15 is 0 Å². The molecule has 0 aliphatic rings. The van der Waals surface area contributed by atoms with Crippen LogP contribution in [0.3, 0.4) is 0 Å². The number of hydrogen-bond acceptors (Lipinski definition) is 4. The zero-order chi connectivity index (χ0) is 36.0. The van der Waals surface area contributed by atoms with E-state index in [0.717, 1.165) is 73.0 Å². The maximum absolute atomic E-state index is 10.4. The van der Waals surface area contributed by atoms with Crippen LogP contribution in [0.15, 0.2) is 188 Å². The van der Waals surface area contributed by atoms with Crippen LogP contribution in [0.25, 0.3) is 60.7 Å². The van der Waals surface area contributed by atoms with E-state index < -0.39 is 0 Å². The molecule has 0 saturated carbocycles. The van der Waals surface area contributed by atoms with E-state index in [1.165, 1.54) is 0 Å². The Balaban J connectivity index is 1.34. The first-order valence-electron chi connectivity index (χ1n) is 17.2. The van der Waals surface area contributed by atoms with Gasteiger partial charge in [-0.2, -0.15) is 5.26 Å². The van der Waals surface area contributed by atoms with Crippen LogP contribution >= 0.6 is 0 Å². The van der Waals surface area contributed by atoms with Crippen molar-refractivity contribution in [2.75, 3.05) is 4.90 Å². The number of hydrogen-bond donors (Lipinski definition) is 0. The van der Waals surface area contributed by atoms with Crippen LogP contribution in [0.2, 0.25) is 0 Å². The summed E-state index contributed by atoms with van der Waals surface area (Å²) in [5, 5.41) is 10.4. The number of rotatable bonds is 8. The average Bonchev–Trinajstić information content (AvgIpc) is 3.24. The summed E-state index contributed by atoms with van der Waals surface area (Å²) in [4.78, 5) is 15.6. The molecule has 6 aromatic carbocycles. The molecular formula is C48H31N5. The van der Waals surface area contributed by atoms with Gasteiger partial charge in [0.05, 0.1) is 35.3 Å². The first kappa shape index (κ1) is 32.6. The van der Waals surface area contributed by atoms with Crippen molar-refractivity contribution in [3.8, 4) is 62.0 Å². The molecule has 0 bridgehead atoms. The van der Waals surface area contributed by atoms with Gasteiger partial charge >= 0.3 is 0 Å². The summed E-state index contributed by atoms with van der Waals surface area (Å²) in [6, 6.07) is 61.0. The molecule has 5 nitrogen and oxygen atoms in total. The third kappa shape index (κ3) is 6.92. The highest BCUT2D eigenvalue weighted by Gasteiger charge is 2.21. The number of para-hydroxylation sites is 1. The molecule has 0 unspecified atom stereocenters. The minimum atomic E-state index is 0.473. The Hall–Kier alpha value is -7.60. The predicted octanol–water partition coefficient (Wildman–Crippen LogP) is 12.7. The predicted molar refractivity (Wildman–Crippen MR) is 215 cm³/mol. The van der Waals surface area contributed by atoms with E-state index in [1.54, 1.807) is 6.20 Å². The van der Waals surface area contributed by atoms with Crippen molar-refractivity contribution in [1.82, 2.24) is 9.97 Å². The highest BCUT2D eigenvalue weighted by atomic mass is 15.1. The van der Waals surface area contributed by atoms with Gasteiger partial charge in [-0.25, -0.2) is 4.85 Å². The van der Waals surface area contributed by atoms with E-state index in [0.29, 0.717) is 11.3 Å². The van der Waals surface area contributed by atoms with Crippen molar-refractivity contribution in [3.05, 3.63) is 205 Å². The molecule has 0 fully saturated rings. The van der Waals surface area contributed by atoms with Crippen molar-refractivity contribution in [2.45, 2.75) is 0 Å². The van der Waals surface area contributed by atoms with Crippen LogP contribution in [0.4, 0.5) is 22.7 Å². The zero-order valence-electron chi connectivity index (χ0n) is 28.6. The van der Waals surface area contributed by atoms with Crippen molar-refractivity contribution < 1.29 is 0 Å². The van der Waals surface area contributed by atoms with E-state index in [9.17, 15) is 5.26 Å². The van der Waals surface area contributed by atoms with Gasteiger partial charge in [0.1, 0.15) is 0 Å². The molecule has 0 aliphatic carbocycles. The number of benzene rings is 6. The SMILES string of the molecule is [C-]#[N+]c1cc(-c2cc(-c3ccccc3)ccn2)cc(N(c2cc(C#N)cc(-c3cc(-c4ccccc4)ccn3)c2)c2ccccc2-c2ccccc2)c1. The van der Waals surface area contributed by atoms with Gasteiger partial charge < -0.3 is 4.90 Å². The summed E-state index contributed by atoms with van der Waals surface area (Å²) >= 11 is 0. The third-order valence-corrected chi connectivity index (χ3v) is 9.15. The number of anilines is 3. The lowest BCUT2D eigenvalue weighted by Gasteiger charge is -2.29. The molecule has 0 radical (unpaired) electrons. The van der Waals surface area contributed by atoms with E-state index in [-0.39, 0.29) is 0 Å². The first-order valence-corrected chi connectivity index (χ1v) is 17.2. The molecule has 0 aliphatic heterocycles. The quantitative estimate of drug-likeness (QED) is 0.150. The summed E-state index contributed by atoms with van der Waals surface area (Å²) < 4.78 is 0. The van der Waals surface area contributed by atoms with Crippen LogP contribution in [-0.4, -0.2) is 9.97 Å². The van der Waals surface area contributed by atoms with Gasteiger partial charge in [0, 0.05) is 34.9 Å². The van der Waals surface area contributed by atoms with E-state index in [1.807, 2.05) is 109 Å². The molecule has 0 atom stereocenters. The average molecular weight is 678 g/mol. The Morgan fingerprint density at radius 1 is 0.472 bits per heavy atom. The second-order valence-corrected chi connectivity index (χ2v) is 12.5. The topological polar surface area (TPSA) is 57.2 Å². The molecule has 8 rings (SSSR count). The summed E-state index contributed by atoms with van der Waals surface area (Å²) in [5.41, 5.74) is 12.8. The summed E-state index contributed by atoms with van der Waals surface area (Å²) in [6.45, 7) is 8.14. The van der Waals surface area contributed by atoms with Gasteiger partial charge in [-0.1, -0.05) is 109 Å². The lowest BCUT2D eigenvalue weighted by molar-refractivity contribution is 1.26. The smallest absolute Gasteiger partial charge is 0.189 e. The van der Waals surface area contributed by atoms with Crippen LogP contribution in [0.1, 0.15) is 5.56 Å². The van der Waals surface area contributed by atoms with E-state index in [4.69, 9.17) is 16.5 Å². The molecule has 0 spiro atoms. The molecular weight excluding hydrogens is 647 g/mol. The van der Waals surface area contributed by atoms with Gasteiger partial charge in [-0.15, -0.1) is 0 Å². The zero-order valence-corrected chi connectivity index (χ0v) is 28.6. The summed E-state index contributed by atoms with van der Waals surface area (Å²) in [5.74, 6) is 0.